The summed E-state index contributed by atoms with van der Waals surface area (Å²) in [5.41, 5.74) is 0. The molecule has 0 fully saturated rings. The summed E-state index contributed by atoms with van der Waals surface area (Å²) >= 11 is 0. The molecule has 4 N–H and O–H groups in total. The van der Waals surface area contributed by atoms with Gasteiger partial charge in [-0.2, -0.15) is 0 Å². The number of rotatable bonds is 8. The molecular weight excluding hydrogens is 168 g/mol. The monoisotopic (exact) mass is 194 g/mol. The van der Waals surface area contributed by atoms with E-state index in [2.05, 4.69) is 13.8 Å². The van der Waals surface area contributed by atoms with Gasteiger partial charge in [-0.1, -0.05) is 39.0 Å². The molecule has 3 nitrogen and oxygen atoms in total. The summed E-state index contributed by atoms with van der Waals surface area (Å²) in [6.45, 7) is 6.13. The van der Waals surface area contributed by atoms with Gasteiger partial charge in [0.1, 0.15) is 0 Å². The quantitative estimate of drug-likeness (QED) is 0.542. The first-order valence-electron chi connectivity index (χ1n) is 4.99. The number of unbranched alkanes of at least 4 members (excludes halogenated alkanes) is 5. The lowest BCUT2D eigenvalue weighted by Gasteiger charge is -2.00. The van der Waals surface area contributed by atoms with Crippen molar-refractivity contribution in [3.8, 4) is 0 Å². The van der Waals surface area contributed by atoms with Gasteiger partial charge in [-0.05, 0) is 13.3 Å². The molecule has 0 saturated heterocycles. The smallest absolute Gasteiger partial charge is 0.0465 e. The first-order chi connectivity index (χ1) is 5.41. The number of ether oxygens (including phenoxy) is 1. The van der Waals surface area contributed by atoms with Gasteiger partial charge in [0.25, 0.3) is 0 Å². The molecule has 0 rings (SSSR count). The normalized spacial score (nSPS) is 8.77. The van der Waals surface area contributed by atoms with Gasteiger partial charge in [0.2, 0.25) is 0 Å². The van der Waals surface area contributed by atoms with Crippen LogP contribution < -0.4 is 0 Å². The van der Waals surface area contributed by atoms with Crippen molar-refractivity contribution in [3.63, 3.8) is 0 Å². The fourth-order valence-corrected chi connectivity index (χ4v) is 1.13. The molecule has 0 unspecified atom stereocenters. The average molecular weight is 194 g/mol. The summed E-state index contributed by atoms with van der Waals surface area (Å²) < 4.78 is 5.24. The van der Waals surface area contributed by atoms with Gasteiger partial charge in [-0.25, -0.2) is 0 Å². The highest BCUT2D eigenvalue weighted by molar-refractivity contribution is 4.42. The molecule has 0 spiro atoms. The Morgan fingerprint density at radius 1 is 0.769 bits per heavy atom. The Bertz CT molecular complexity index is 59.2. The summed E-state index contributed by atoms with van der Waals surface area (Å²) in [5.74, 6) is 0. The van der Waals surface area contributed by atoms with Gasteiger partial charge in [0.15, 0.2) is 0 Å². The Morgan fingerprint density at radius 3 is 1.85 bits per heavy atom. The third kappa shape index (κ3) is 18.7. The highest BCUT2D eigenvalue weighted by atomic mass is 16.5. The van der Waals surface area contributed by atoms with E-state index in [1.165, 1.54) is 38.5 Å². The van der Waals surface area contributed by atoms with Crippen molar-refractivity contribution in [1.82, 2.24) is 0 Å². The van der Waals surface area contributed by atoms with Crippen LogP contribution in [0.3, 0.4) is 0 Å². The van der Waals surface area contributed by atoms with Crippen LogP contribution >= 0.6 is 0 Å². The van der Waals surface area contributed by atoms with Crippen LogP contribution in [-0.2, 0) is 4.74 Å². The van der Waals surface area contributed by atoms with Crippen LogP contribution in [0, 0.1) is 0 Å². The second kappa shape index (κ2) is 17.8. The van der Waals surface area contributed by atoms with Crippen LogP contribution in [-0.4, -0.2) is 24.2 Å². The standard InChI is InChI=1S/C10H22O.2H2O/c1-3-5-6-7-8-9-10-11-4-2;;/h3-10H2,1-2H3;2*1H2. The van der Waals surface area contributed by atoms with Crippen LogP contribution in [0.15, 0.2) is 0 Å². The summed E-state index contributed by atoms with van der Waals surface area (Å²) in [6, 6.07) is 0. The molecule has 0 heterocycles. The van der Waals surface area contributed by atoms with Crippen molar-refractivity contribution >= 4 is 0 Å². The Kier molecular flexibility index (Phi) is 25.5. The van der Waals surface area contributed by atoms with E-state index in [0.717, 1.165) is 13.2 Å². The topological polar surface area (TPSA) is 72.2 Å². The molecule has 0 aromatic rings. The van der Waals surface area contributed by atoms with E-state index >= 15 is 0 Å². The molecule has 0 aliphatic heterocycles. The summed E-state index contributed by atoms with van der Waals surface area (Å²) in [7, 11) is 0. The summed E-state index contributed by atoms with van der Waals surface area (Å²) in [4.78, 5) is 0. The fourth-order valence-electron chi connectivity index (χ4n) is 1.13. The lowest BCUT2D eigenvalue weighted by Crippen LogP contribution is -1.92. The zero-order valence-corrected chi connectivity index (χ0v) is 9.07. The molecule has 0 aromatic carbocycles. The van der Waals surface area contributed by atoms with Crippen LogP contribution in [0.25, 0.3) is 0 Å². The molecular formula is C10H26O3. The molecule has 0 aliphatic carbocycles. The van der Waals surface area contributed by atoms with E-state index in [1.54, 1.807) is 0 Å². The molecule has 0 bridgehead atoms. The third-order valence-electron chi connectivity index (χ3n) is 1.85. The van der Waals surface area contributed by atoms with Gasteiger partial charge in [0.05, 0.1) is 0 Å². The van der Waals surface area contributed by atoms with Crippen molar-refractivity contribution in [2.45, 2.75) is 52.4 Å². The molecule has 0 saturated carbocycles. The SMILES string of the molecule is CCCCCCCCOCC.O.O. The third-order valence-corrected chi connectivity index (χ3v) is 1.85. The minimum Gasteiger partial charge on any atom is -0.412 e. The minimum atomic E-state index is 0. The van der Waals surface area contributed by atoms with Gasteiger partial charge in [-0.15, -0.1) is 0 Å². The summed E-state index contributed by atoms with van der Waals surface area (Å²) in [6.07, 6.45) is 8.13. The van der Waals surface area contributed by atoms with Crippen molar-refractivity contribution < 1.29 is 15.7 Å². The fraction of sp³-hybridized carbons (Fsp3) is 1.00. The van der Waals surface area contributed by atoms with Crippen LogP contribution in [0.2, 0.25) is 0 Å². The lowest BCUT2D eigenvalue weighted by atomic mass is 10.1. The molecule has 0 amide bonds. The summed E-state index contributed by atoms with van der Waals surface area (Å²) in [5, 5.41) is 0. The average Bonchev–Trinajstić information content (AvgIpc) is 2.03. The van der Waals surface area contributed by atoms with Crippen molar-refractivity contribution in [2.75, 3.05) is 13.2 Å². The zero-order valence-electron chi connectivity index (χ0n) is 9.07. The van der Waals surface area contributed by atoms with Gasteiger partial charge in [0, 0.05) is 13.2 Å². The molecule has 0 radical (unpaired) electrons. The van der Waals surface area contributed by atoms with E-state index in [1.807, 2.05) is 0 Å². The second-order valence-corrected chi connectivity index (χ2v) is 2.96. The van der Waals surface area contributed by atoms with Crippen LogP contribution in [0.5, 0.6) is 0 Å². The Labute approximate surface area is 82.1 Å². The second-order valence-electron chi connectivity index (χ2n) is 2.96. The minimum absolute atomic E-state index is 0. The van der Waals surface area contributed by atoms with Gasteiger partial charge in [-0.3, -0.25) is 0 Å². The highest BCUT2D eigenvalue weighted by Crippen LogP contribution is 2.04. The number of hydrogen-bond acceptors (Lipinski definition) is 1. The Morgan fingerprint density at radius 2 is 1.31 bits per heavy atom. The first kappa shape index (κ1) is 18.6. The van der Waals surface area contributed by atoms with Crippen LogP contribution in [0.4, 0.5) is 0 Å². The lowest BCUT2D eigenvalue weighted by molar-refractivity contribution is 0.143. The first-order valence-corrected chi connectivity index (χ1v) is 4.99. The Balaban J connectivity index is -0.000000500. The molecule has 3 heteroatoms. The largest absolute Gasteiger partial charge is 0.412 e. The van der Waals surface area contributed by atoms with E-state index in [-0.39, 0.29) is 11.0 Å². The predicted molar refractivity (Wildman–Crippen MR) is 57.1 cm³/mol. The van der Waals surface area contributed by atoms with E-state index < -0.39 is 0 Å². The predicted octanol–water partition coefficient (Wildman–Crippen LogP) is 1.73. The number of hydrogen-bond donors (Lipinski definition) is 0. The maximum absolute atomic E-state index is 5.24. The molecule has 0 aliphatic rings. The maximum Gasteiger partial charge on any atom is 0.0465 e. The van der Waals surface area contributed by atoms with Gasteiger partial charge >= 0.3 is 0 Å². The zero-order chi connectivity index (χ0) is 8.36. The van der Waals surface area contributed by atoms with Crippen molar-refractivity contribution in [1.29, 1.82) is 0 Å². The maximum atomic E-state index is 5.24. The van der Waals surface area contributed by atoms with E-state index in [4.69, 9.17) is 4.74 Å². The van der Waals surface area contributed by atoms with Gasteiger partial charge < -0.3 is 15.7 Å². The highest BCUT2D eigenvalue weighted by Gasteiger charge is 1.88. The van der Waals surface area contributed by atoms with E-state index in [9.17, 15) is 0 Å². The molecule has 13 heavy (non-hydrogen) atoms. The Hall–Kier alpha value is -0.120. The van der Waals surface area contributed by atoms with Crippen LogP contribution in [0.1, 0.15) is 52.4 Å². The molecule has 0 aromatic heterocycles. The molecule has 0 atom stereocenters. The van der Waals surface area contributed by atoms with Crippen molar-refractivity contribution in [2.24, 2.45) is 0 Å². The van der Waals surface area contributed by atoms with Crippen molar-refractivity contribution in [3.05, 3.63) is 0 Å². The molecule has 84 valence electrons. The van der Waals surface area contributed by atoms with E-state index in [0.29, 0.717) is 0 Å².